The number of nitrogens with one attached hydrogen (secondary N) is 3. The van der Waals surface area contributed by atoms with E-state index in [2.05, 4.69) is 20.1 Å². The number of ether oxygens (including phenoxy) is 2. The van der Waals surface area contributed by atoms with E-state index in [-0.39, 0.29) is 31.6 Å². The van der Waals surface area contributed by atoms with Crippen molar-refractivity contribution in [1.29, 1.82) is 0 Å². The lowest BCUT2D eigenvalue weighted by atomic mass is 9.99. The Hall–Kier alpha value is -4.30. The highest BCUT2D eigenvalue weighted by molar-refractivity contribution is 7.89. The van der Waals surface area contributed by atoms with Crippen molar-refractivity contribution in [1.82, 2.24) is 15.4 Å². The Kier molecular flexibility index (Phi) is 16.3. The van der Waals surface area contributed by atoms with Gasteiger partial charge in [-0.15, -0.1) is 0 Å². The number of alkyl halides is 1. The van der Waals surface area contributed by atoms with Crippen LogP contribution in [0, 0.1) is 5.92 Å². The van der Waals surface area contributed by atoms with Crippen molar-refractivity contribution in [3.8, 4) is 0 Å². The number of alkyl carbamates (subject to hydrolysis) is 2. The van der Waals surface area contributed by atoms with E-state index in [0.717, 1.165) is 11.1 Å². The maximum atomic E-state index is 13.9. The molecule has 3 aromatic rings. The van der Waals surface area contributed by atoms with Crippen molar-refractivity contribution in [2.24, 2.45) is 5.92 Å². The van der Waals surface area contributed by atoms with Gasteiger partial charge in [-0.1, -0.05) is 106 Å². The molecule has 5 atom stereocenters. The van der Waals surface area contributed by atoms with Crippen LogP contribution in [-0.4, -0.2) is 66.7 Å². The Labute approximate surface area is 303 Å². The molecular formula is C36H47FN3O10PS. The number of carbonyl (C=O) groups excluding carboxylic acids is 2. The van der Waals surface area contributed by atoms with Gasteiger partial charge in [0.25, 0.3) is 0 Å². The SMILES string of the molecule is CCCC(F)OC(=O)NCc1cccc(C(CP(=O)(O)C(NS(=O)(=O)CC(Cc2ccccc2)NC(=O)OCc2ccccc2)C(C)C)C(=O)O)c1. The Morgan fingerprint density at radius 3 is 2.12 bits per heavy atom. The van der Waals surface area contributed by atoms with E-state index in [9.17, 15) is 41.8 Å². The summed E-state index contributed by atoms with van der Waals surface area (Å²) in [4.78, 5) is 48.4. The zero-order valence-electron chi connectivity index (χ0n) is 29.3. The van der Waals surface area contributed by atoms with Crippen LogP contribution in [0.3, 0.4) is 0 Å². The zero-order valence-corrected chi connectivity index (χ0v) is 31.0. The molecule has 0 fully saturated rings. The van der Waals surface area contributed by atoms with Crippen molar-refractivity contribution in [2.75, 3.05) is 11.9 Å². The molecule has 0 aliphatic carbocycles. The highest BCUT2D eigenvalue weighted by Gasteiger charge is 2.41. The predicted octanol–water partition coefficient (Wildman–Crippen LogP) is 5.89. The summed E-state index contributed by atoms with van der Waals surface area (Å²) in [5.74, 6) is -5.94. The van der Waals surface area contributed by atoms with E-state index in [4.69, 9.17) is 4.74 Å². The number of amides is 2. The Bertz CT molecular complexity index is 1770. The summed E-state index contributed by atoms with van der Waals surface area (Å²) < 4.78 is 67.0. The number of hydrogen-bond donors (Lipinski definition) is 5. The molecule has 3 rings (SSSR count). The van der Waals surface area contributed by atoms with Crippen molar-refractivity contribution in [3.05, 3.63) is 107 Å². The van der Waals surface area contributed by atoms with Gasteiger partial charge in [-0.25, -0.2) is 27.1 Å². The number of benzene rings is 3. The number of rotatable bonds is 20. The second-order valence-corrected chi connectivity index (χ2v) is 16.9. The van der Waals surface area contributed by atoms with Crippen LogP contribution in [0.1, 0.15) is 61.8 Å². The number of hydrogen-bond acceptors (Lipinski definition) is 8. The van der Waals surface area contributed by atoms with Gasteiger partial charge in [0.1, 0.15) is 12.4 Å². The molecule has 2 amide bonds. The monoisotopic (exact) mass is 763 g/mol. The van der Waals surface area contributed by atoms with Crippen molar-refractivity contribution >= 4 is 35.5 Å². The molecule has 0 aliphatic rings. The number of halogens is 1. The van der Waals surface area contributed by atoms with Gasteiger partial charge in [0.05, 0.1) is 17.7 Å². The minimum absolute atomic E-state index is 0.0346. The first-order valence-corrected chi connectivity index (χ1v) is 20.4. The van der Waals surface area contributed by atoms with E-state index in [1.807, 2.05) is 6.07 Å². The standard InChI is InChI=1S/C36H47FN3O10PS/c1-4-12-32(37)50-35(43)38-21-28-17-11-18-29(19-28)31(34(41)42)23-51(45,46)33(25(2)3)40-52(47,48)24-30(20-26-13-7-5-8-14-26)39-36(44)49-22-27-15-9-6-10-16-27/h5-11,13-19,25,30-33,40H,4,12,20-24H2,1-3H3,(H,38,43)(H,39,44)(H,41,42)(H,45,46). The molecule has 0 saturated heterocycles. The van der Waals surface area contributed by atoms with Crippen LogP contribution in [-0.2, 0) is 48.4 Å². The molecule has 52 heavy (non-hydrogen) atoms. The summed E-state index contributed by atoms with van der Waals surface area (Å²) in [6.45, 7) is 4.60. The van der Waals surface area contributed by atoms with Gasteiger partial charge in [0.2, 0.25) is 23.7 Å². The van der Waals surface area contributed by atoms with E-state index in [1.165, 1.54) is 32.0 Å². The molecule has 0 heterocycles. The highest BCUT2D eigenvalue weighted by atomic mass is 32.2. The molecule has 13 nitrogen and oxygen atoms in total. The van der Waals surface area contributed by atoms with Gasteiger partial charge in [-0.2, -0.15) is 0 Å². The van der Waals surface area contributed by atoms with Gasteiger partial charge in [0.15, 0.2) is 0 Å². The minimum atomic E-state index is -4.60. The van der Waals surface area contributed by atoms with Gasteiger partial charge in [-0.05, 0) is 41.0 Å². The van der Waals surface area contributed by atoms with Crippen molar-refractivity contribution in [2.45, 2.75) is 77.3 Å². The molecule has 5 N–H and O–H groups in total. The van der Waals surface area contributed by atoms with E-state index >= 15 is 0 Å². The lowest BCUT2D eigenvalue weighted by molar-refractivity contribution is -0.138. The smallest absolute Gasteiger partial charge is 0.409 e. The van der Waals surface area contributed by atoms with E-state index in [1.54, 1.807) is 67.6 Å². The Balaban J connectivity index is 1.75. The quantitative estimate of drug-likeness (QED) is 0.0866. The molecule has 0 radical (unpaired) electrons. The number of carbonyl (C=O) groups is 3. The van der Waals surface area contributed by atoms with Gasteiger partial charge >= 0.3 is 18.2 Å². The maximum absolute atomic E-state index is 13.9. The second kappa shape index (κ2) is 20.1. The van der Waals surface area contributed by atoms with Gasteiger partial charge < -0.3 is 30.1 Å². The number of carboxylic acids is 1. The van der Waals surface area contributed by atoms with Crippen LogP contribution < -0.4 is 15.4 Å². The summed E-state index contributed by atoms with van der Waals surface area (Å²) >= 11 is 0. The predicted molar refractivity (Wildman–Crippen MR) is 194 cm³/mol. The molecule has 5 unspecified atom stereocenters. The zero-order chi connectivity index (χ0) is 38.3. The molecule has 0 aliphatic heterocycles. The fraction of sp³-hybridized carbons (Fsp3) is 0.417. The molecule has 16 heteroatoms. The highest BCUT2D eigenvalue weighted by Crippen LogP contribution is 2.51. The van der Waals surface area contributed by atoms with Crippen LogP contribution in [0.5, 0.6) is 0 Å². The van der Waals surface area contributed by atoms with Crippen LogP contribution in [0.15, 0.2) is 84.9 Å². The average Bonchev–Trinajstić information content (AvgIpc) is 3.08. The topological polar surface area (TPSA) is 197 Å². The lowest BCUT2D eigenvalue weighted by Gasteiger charge is -2.30. The van der Waals surface area contributed by atoms with Crippen molar-refractivity contribution < 1.29 is 51.2 Å². The third kappa shape index (κ3) is 14.4. The maximum Gasteiger partial charge on any atom is 0.409 e. The third-order valence-electron chi connectivity index (χ3n) is 7.93. The molecule has 0 aromatic heterocycles. The van der Waals surface area contributed by atoms with Gasteiger partial charge in [0, 0.05) is 19.1 Å². The first-order valence-electron chi connectivity index (χ1n) is 16.8. The minimum Gasteiger partial charge on any atom is -0.481 e. The largest absolute Gasteiger partial charge is 0.481 e. The van der Waals surface area contributed by atoms with Crippen LogP contribution in [0.4, 0.5) is 14.0 Å². The summed E-state index contributed by atoms with van der Waals surface area (Å²) in [6, 6.07) is 22.7. The lowest BCUT2D eigenvalue weighted by Crippen LogP contribution is -2.47. The van der Waals surface area contributed by atoms with Crippen molar-refractivity contribution in [3.63, 3.8) is 0 Å². The van der Waals surface area contributed by atoms with E-state index < -0.39 is 77.5 Å². The van der Waals surface area contributed by atoms with E-state index in [0.29, 0.717) is 12.0 Å². The number of carboxylic acid groups (broad SMARTS) is 1. The molecule has 284 valence electrons. The molecule has 0 saturated carbocycles. The van der Waals surface area contributed by atoms with Gasteiger partial charge in [-0.3, -0.25) is 9.36 Å². The van der Waals surface area contributed by atoms with Crippen LogP contribution >= 0.6 is 7.37 Å². The summed E-state index contributed by atoms with van der Waals surface area (Å²) in [7, 11) is -8.97. The Morgan fingerprint density at radius 2 is 1.52 bits per heavy atom. The fourth-order valence-electron chi connectivity index (χ4n) is 5.40. The Morgan fingerprint density at radius 1 is 0.904 bits per heavy atom. The molecule has 3 aromatic carbocycles. The molecule has 0 spiro atoms. The fourth-order valence-corrected chi connectivity index (χ4v) is 10.1. The molecule has 0 bridgehead atoms. The van der Waals surface area contributed by atoms with Crippen LogP contribution in [0.25, 0.3) is 0 Å². The summed E-state index contributed by atoms with van der Waals surface area (Å²) in [5, 5.41) is 15.1. The third-order valence-corrected chi connectivity index (χ3v) is 12.0. The summed E-state index contributed by atoms with van der Waals surface area (Å²) in [6.07, 6.45) is -3.84. The second-order valence-electron chi connectivity index (χ2n) is 12.7. The normalized spacial score (nSPS) is 15.0. The number of aliphatic carboxylic acids is 1. The van der Waals surface area contributed by atoms with Crippen LogP contribution in [0.2, 0.25) is 0 Å². The summed E-state index contributed by atoms with van der Waals surface area (Å²) in [5.41, 5.74) is 2.00. The molecular weight excluding hydrogens is 716 g/mol. The first-order chi connectivity index (χ1) is 24.6. The average molecular weight is 764 g/mol. The number of sulfonamides is 1. The first kappa shape index (κ1) is 42.1.